The van der Waals surface area contributed by atoms with Gasteiger partial charge in [0.25, 0.3) is 0 Å². The first-order valence-electron chi connectivity index (χ1n) is 4.28. The average molecular weight is 185 g/mol. The fraction of sp³-hybridized carbons (Fsp3) is 0. The lowest BCUT2D eigenvalue weighted by molar-refractivity contribution is 0.515. The minimum Gasteiger partial charge on any atom is -0.431 e. The van der Waals surface area contributed by atoms with Gasteiger partial charge in [0.1, 0.15) is 6.26 Å². The Labute approximate surface area is 79.8 Å². The summed E-state index contributed by atoms with van der Waals surface area (Å²) in [5, 5.41) is 5.27. The first-order valence-corrected chi connectivity index (χ1v) is 4.28. The van der Waals surface area contributed by atoms with E-state index < -0.39 is 0 Å². The van der Waals surface area contributed by atoms with Crippen LogP contribution in [0, 0.1) is 0 Å². The summed E-state index contributed by atoms with van der Waals surface area (Å²) in [6.07, 6.45) is 4.93. The van der Waals surface area contributed by atoms with Crippen LogP contribution in [-0.2, 0) is 0 Å². The van der Waals surface area contributed by atoms with Gasteiger partial charge in [-0.3, -0.25) is 0 Å². The zero-order valence-corrected chi connectivity index (χ0v) is 7.29. The van der Waals surface area contributed by atoms with Gasteiger partial charge >= 0.3 is 6.01 Å². The fourth-order valence-electron chi connectivity index (χ4n) is 1.44. The molecule has 0 bridgehead atoms. The van der Waals surface area contributed by atoms with Gasteiger partial charge in [-0.1, -0.05) is 18.2 Å². The molecule has 0 aliphatic rings. The lowest BCUT2D eigenvalue weighted by Crippen LogP contribution is -1.95. The Bertz CT molecular complexity index is 554. The molecule has 4 nitrogen and oxygen atoms in total. The summed E-state index contributed by atoms with van der Waals surface area (Å²) < 4.78 is 6.85. The van der Waals surface area contributed by atoms with Crippen LogP contribution < -0.4 is 0 Å². The Kier molecular flexibility index (Phi) is 1.41. The second kappa shape index (κ2) is 2.70. The topological polar surface area (TPSA) is 43.9 Å². The molecule has 68 valence electrons. The van der Waals surface area contributed by atoms with Crippen molar-refractivity contribution in [2.24, 2.45) is 0 Å². The summed E-state index contributed by atoms with van der Waals surface area (Å²) in [5.74, 6) is 0. The second-order valence-corrected chi connectivity index (χ2v) is 2.93. The highest BCUT2D eigenvalue weighted by molar-refractivity contribution is 5.79. The van der Waals surface area contributed by atoms with Crippen molar-refractivity contribution in [3.63, 3.8) is 0 Å². The number of hydrogen-bond acceptors (Lipinski definition) is 3. The highest BCUT2D eigenvalue weighted by atomic mass is 16.4. The minimum atomic E-state index is 0.492. The monoisotopic (exact) mass is 185 g/mol. The van der Waals surface area contributed by atoms with E-state index in [1.807, 2.05) is 24.3 Å². The summed E-state index contributed by atoms with van der Waals surface area (Å²) in [5.41, 5.74) is 0.995. The van der Waals surface area contributed by atoms with Crippen LogP contribution in [0.4, 0.5) is 0 Å². The molecule has 2 aromatic heterocycles. The van der Waals surface area contributed by atoms with E-state index in [1.165, 1.54) is 6.26 Å². The normalized spacial score (nSPS) is 10.9. The maximum atomic E-state index is 5.18. The number of para-hydroxylation sites is 1. The Balaban J connectivity index is 2.33. The summed E-state index contributed by atoms with van der Waals surface area (Å²) in [6, 6.07) is 8.41. The third kappa shape index (κ3) is 0.939. The molecular formula is C10H7N3O. The molecule has 0 saturated carbocycles. The Morgan fingerprint density at radius 2 is 2.14 bits per heavy atom. The van der Waals surface area contributed by atoms with Gasteiger partial charge in [-0.05, 0) is 6.07 Å². The smallest absolute Gasteiger partial charge is 0.323 e. The van der Waals surface area contributed by atoms with Gasteiger partial charge in [0.2, 0.25) is 0 Å². The van der Waals surface area contributed by atoms with Crippen molar-refractivity contribution in [2.75, 3.05) is 0 Å². The van der Waals surface area contributed by atoms with Gasteiger partial charge in [0, 0.05) is 5.39 Å². The van der Waals surface area contributed by atoms with Crippen molar-refractivity contribution in [1.82, 2.24) is 14.8 Å². The van der Waals surface area contributed by atoms with E-state index in [-0.39, 0.29) is 0 Å². The van der Waals surface area contributed by atoms with Crippen LogP contribution in [-0.4, -0.2) is 14.8 Å². The van der Waals surface area contributed by atoms with Crippen molar-refractivity contribution < 1.29 is 4.42 Å². The fourth-order valence-corrected chi connectivity index (χ4v) is 1.44. The molecule has 14 heavy (non-hydrogen) atoms. The number of oxazole rings is 1. The highest BCUT2D eigenvalue weighted by Crippen LogP contribution is 2.15. The molecule has 2 heterocycles. The predicted octanol–water partition coefficient (Wildman–Crippen LogP) is 2.01. The third-order valence-corrected chi connectivity index (χ3v) is 2.08. The molecule has 0 spiro atoms. The van der Waals surface area contributed by atoms with Crippen LogP contribution in [0.2, 0.25) is 0 Å². The summed E-state index contributed by atoms with van der Waals surface area (Å²) in [4.78, 5) is 4.04. The van der Waals surface area contributed by atoms with Gasteiger partial charge < -0.3 is 4.42 Å². The molecule has 0 fully saturated rings. The zero-order valence-electron chi connectivity index (χ0n) is 7.29. The van der Waals surface area contributed by atoms with E-state index in [0.29, 0.717) is 6.01 Å². The van der Waals surface area contributed by atoms with Gasteiger partial charge in [-0.25, -0.2) is 4.98 Å². The van der Waals surface area contributed by atoms with Crippen LogP contribution >= 0.6 is 0 Å². The van der Waals surface area contributed by atoms with E-state index in [0.717, 1.165) is 10.9 Å². The van der Waals surface area contributed by atoms with Gasteiger partial charge in [0.15, 0.2) is 0 Å². The molecule has 0 aliphatic heterocycles. The lowest BCUT2D eigenvalue weighted by Gasteiger charge is -1.95. The standard InChI is InChI=1S/C10H7N3O/c1-2-4-9-8(3-1)7-12-13(9)10-11-5-6-14-10/h1-7H. The van der Waals surface area contributed by atoms with E-state index in [4.69, 9.17) is 4.42 Å². The van der Waals surface area contributed by atoms with Crippen molar-refractivity contribution in [1.29, 1.82) is 0 Å². The van der Waals surface area contributed by atoms with E-state index in [1.54, 1.807) is 17.1 Å². The molecule has 0 N–H and O–H groups in total. The molecule has 0 saturated heterocycles. The van der Waals surface area contributed by atoms with Crippen molar-refractivity contribution in [2.45, 2.75) is 0 Å². The predicted molar refractivity (Wildman–Crippen MR) is 51.1 cm³/mol. The molecule has 0 aliphatic carbocycles. The van der Waals surface area contributed by atoms with Gasteiger partial charge in [-0.2, -0.15) is 9.78 Å². The van der Waals surface area contributed by atoms with Crippen molar-refractivity contribution in [3.8, 4) is 6.01 Å². The summed E-state index contributed by atoms with van der Waals surface area (Å²) >= 11 is 0. The molecule has 0 unspecified atom stereocenters. The van der Waals surface area contributed by atoms with Crippen LogP contribution in [0.1, 0.15) is 0 Å². The van der Waals surface area contributed by atoms with Crippen LogP contribution in [0.25, 0.3) is 16.9 Å². The van der Waals surface area contributed by atoms with E-state index >= 15 is 0 Å². The van der Waals surface area contributed by atoms with Crippen LogP contribution in [0.15, 0.2) is 47.3 Å². The number of fused-ring (bicyclic) bond motifs is 1. The molecule has 0 radical (unpaired) electrons. The number of hydrogen-bond donors (Lipinski definition) is 0. The Morgan fingerprint density at radius 3 is 3.00 bits per heavy atom. The molecule has 0 amide bonds. The van der Waals surface area contributed by atoms with Crippen molar-refractivity contribution >= 4 is 10.9 Å². The maximum Gasteiger partial charge on any atom is 0.323 e. The van der Waals surface area contributed by atoms with Crippen LogP contribution in [0.3, 0.4) is 0 Å². The van der Waals surface area contributed by atoms with Crippen molar-refractivity contribution in [3.05, 3.63) is 42.9 Å². The number of aromatic nitrogens is 3. The SMILES string of the molecule is c1ccc2c(c1)cnn2-c1ncco1. The number of benzene rings is 1. The van der Waals surface area contributed by atoms with Crippen LogP contribution in [0.5, 0.6) is 0 Å². The molecule has 0 atom stereocenters. The first-order chi connectivity index (χ1) is 6.95. The summed E-state index contributed by atoms with van der Waals surface area (Å²) in [7, 11) is 0. The molecule has 1 aromatic carbocycles. The zero-order chi connectivity index (χ0) is 9.38. The molecule has 4 heteroatoms. The highest BCUT2D eigenvalue weighted by Gasteiger charge is 2.06. The Morgan fingerprint density at radius 1 is 1.21 bits per heavy atom. The molecule has 3 rings (SSSR count). The maximum absolute atomic E-state index is 5.18. The molecular weight excluding hydrogens is 178 g/mol. The van der Waals surface area contributed by atoms with Gasteiger partial charge in [-0.15, -0.1) is 0 Å². The van der Waals surface area contributed by atoms with E-state index in [9.17, 15) is 0 Å². The summed E-state index contributed by atoms with van der Waals surface area (Å²) in [6.45, 7) is 0. The third-order valence-electron chi connectivity index (χ3n) is 2.08. The number of rotatable bonds is 1. The lowest BCUT2D eigenvalue weighted by atomic mass is 10.3. The number of nitrogens with zero attached hydrogens (tertiary/aromatic N) is 3. The first kappa shape index (κ1) is 7.32. The average Bonchev–Trinajstić information content (AvgIpc) is 2.85. The van der Waals surface area contributed by atoms with E-state index in [2.05, 4.69) is 10.1 Å². The van der Waals surface area contributed by atoms with Gasteiger partial charge in [0.05, 0.1) is 17.9 Å². The quantitative estimate of drug-likeness (QED) is 0.582. The molecule has 3 aromatic rings. The minimum absolute atomic E-state index is 0.492. The second-order valence-electron chi connectivity index (χ2n) is 2.93. The largest absolute Gasteiger partial charge is 0.431 e. The Hall–Kier alpha value is -2.10.